The molecule has 0 aliphatic carbocycles. The second-order valence-electron chi connectivity index (χ2n) is 10.9. The SMILES string of the molecule is O=C(CBr)OC[C@H]1O[C@@H](S)[C@](Cc2ccccc2)(Oc2ccccc2)[C@](O)(Cc2ccccc2)[C@@]1(O)Cc1ccccc1. The third kappa shape index (κ3) is 6.54. The Balaban J connectivity index is 1.74. The number of para-hydroxylation sites is 1. The molecule has 4 aromatic carbocycles. The first kappa shape index (κ1) is 31.3. The molecule has 0 radical (unpaired) electrons. The van der Waals surface area contributed by atoms with Gasteiger partial charge < -0.3 is 24.4 Å². The molecule has 5 atom stereocenters. The van der Waals surface area contributed by atoms with Crippen LogP contribution in [0.3, 0.4) is 0 Å². The van der Waals surface area contributed by atoms with Crippen molar-refractivity contribution >= 4 is 34.5 Å². The molecule has 0 amide bonds. The van der Waals surface area contributed by atoms with Gasteiger partial charge in [-0.2, -0.15) is 0 Å². The average molecular weight is 664 g/mol. The summed E-state index contributed by atoms with van der Waals surface area (Å²) in [6.07, 6.45) is -0.996. The van der Waals surface area contributed by atoms with Crippen molar-refractivity contribution < 1.29 is 29.2 Å². The van der Waals surface area contributed by atoms with Crippen molar-refractivity contribution in [3.8, 4) is 5.75 Å². The van der Waals surface area contributed by atoms with Crippen LogP contribution in [0.4, 0.5) is 0 Å². The lowest BCUT2D eigenvalue weighted by Crippen LogP contribution is -2.83. The number of hydrogen-bond acceptors (Lipinski definition) is 7. The molecule has 4 aromatic rings. The summed E-state index contributed by atoms with van der Waals surface area (Å²) in [7, 11) is 0. The summed E-state index contributed by atoms with van der Waals surface area (Å²) in [5.41, 5.74) is -4.30. The predicted octanol–water partition coefficient (Wildman–Crippen LogP) is 5.59. The van der Waals surface area contributed by atoms with E-state index in [-0.39, 0.29) is 31.2 Å². The molecule has 8 heteroatoms. The Labute approximate surface area is 266 Å². The quantitative estimate of drug-likeness (QED) is 0.110. The summed E-state index contributed by atoms with van der Waals surface area (Å²) in [5, 5.41) is 26.5. The molecule has 1 aliphatic rings. The van der Waals surface area contributed by atoms with Crippen molar-refractivity contribution in [2.75, 3.05) is 11.9 Å². The summed E-state index contributed by atoms with van der Waals surface area (Å²) < 4.78 is 18.9. The summed E-state index contributed by atoms with van der Waals surface area (Å²) >= 11 is 8.08. The zero-order chi connectivity index (χ0) is 30.3. The molecule has 0 unspecified atom stereocenters. The van der Waals surface area contributed by atoms with Crippen LogP contribution >= 0.6 is 28.6 Å². The second-order valence-corrected chi connectivity index (χ2v) is 11.9. The molecule has 0 bridgehead atoms. The van der Waals surface area contributed by atoms with E-state index in [1.54, 1.807) is 12.1 Å². The molecule has 0 saturated carbocycles. The lowest BCUT2D eigenvalue weighted by Gasteiger charge is -2.62. The molecule has 1 saturated heterocycles. The molecule has 1 fully saturated rings. The lowest BCUT2D eigenvalue weighted by molar-refractivity contribution is -0.335. The number of thiol groups is 1. The number of carbonyl (C=O) groups excluding carboxylic acids is 1. The summed E-state index contributed by atoms with van der Waals surface area (Å²) in [5.74, 6) is -0.0339. The van der Waals surface area contributed by atoms with Crippen LogP contribution in [-0.2, 0) is 33.5 Å². The smallest absolute Gasteiger partial charge is 0.316 e. The normalized spacial score (nSPS) is 26.9. The van der Waals surface area contributed by atoms with Crippen molar-refractivity contribution in [3.05, 3.63) is 138 Å². The molecule has 1 heterocycles. The minimum atomic E-state index is -2.03. The monoisotopic (exact) mass is 662 g/mol. The topological polar surface area (TPSA) is 85.2 Å². The number of ether oxygens (including phenoxy) is 3. The Kier molecular flexibility index (Phi) is 9.94. The standard InChI is InChI=1S/C35H35BrO6S/c36-24-31(37)40-25-30-33(38,21-26-13-5-1-6-14-26)35(39,23-28-17-9-3-10-18-28)34(32(43)41-30,22-27-15-7-2-8-16-27)42-29-19-11-4-12-20-29/h1-20,30,32,38-39,43H,21-25H2/t30-,32+,33-,34+,35+/m1/s1. The van der Waals surface area contributed by atoms with Crippen LogP contribution in [0.15, 0.2) is 121 Å². The third-order valence-electron chi connectivity index (χ3n) is 8.12. The molecule has 0 aromatic heterocycles. The van der Waals surface area contributed by atoms with Crippen LogP contribution in [0.25, 0.3) is 0 Å². The molecule has 6 nitrogen and oxygen atoms in total. The highest BCUT2D eigenvalue weighted by molar-refractivity contribution is 9.09. The maximum absolute atomic E-state index is 13.4. The van der Waals surface area contributed by atoms with Crippen LogP contribution in [-0.4, -0.2) is 56.5 Å². The second kappa shape index (κ2) is 13.7. The summed E-state index contributed by atoms with van der Waals surface area (Å²) in [6, 6.07) is 37.7. The average Bonchev–Trinajstić information content (AvgIpc) is 3.03. The van der Waals surface area contributed by atoms with Gasteiger partial charge in [0.2, 0.25) is 0 Å². The number of halogens is 1. The van der Waals surface area contributed by atoms with Crippen molar-refractivity contribution in [2.24, 2.45) is 0 Å². The zero-order valence-electron chi connectivity index (χ0n) is 23.6. The van der Waals surface area contributed by atoms with Gasteiger partial charge in [0.1, 0.15) is 40.4 Å². The van der Waals surface area contributed by atoms with Crippen LogP contribution in [0.5, 0.6) is 5.75 Å². The number of alkyl halides is 1. The van der Waals surface area contributed by atoms with Crippen LogP contribution < -0.4 is 4.74 Å². The van der Waals surface area contributed by atoms with E-state index in [9.17, 15) is 15.0 Å². The van der Waals surface area contributed by atoms with Crippen molar-refractivity contribution in [3.63, 3.8) is 0 Å². The van der Waals surface area contributed by atoms with E-state index in [4.69, 9.17) is 26.8 Å². The number of hydrogen-bond donors (Lipinski definition) is 3. The van der Waals surface area contributed by atoms with Gasteiger partial charge in [-0.1, -0.05) is 125 Å². The zero-order valence-corrected chi connectivity index (χ0v) is 26.1. The van der Waals surface area contributed by atoms with E-state index in [1.807, 2.05) is 109 Å². The van der Waals surface area contributed by atoms with E-state index in [2.05, 4.69) is 15.9 Å². The van der Waals surface area contributed by atoms with Crippen molar-refractivity contribution in [2.45, 2.75) is 47.6 Å². The van der Waals surface area contributed by atoms with Crippen LogP contribution in [0, 0.1) is 0 Å². The minimum Gasteiger partial charge on any atom is -0.480 e. The van der Waals surface area contributed by atoms with Gasteiger partial charge >= 0.3 is 5.97 Å². The number of carbonyl (C=O) groups is 1. The van der Waals surface area contributed by atoms with Gasteiger partial charge in [0, 0.05) is 19.3 Å². The molecule has 5 rings (SSSR count). The molecular weight excluding hydrogens is 628 g/mol. The Morgan fingerprint density at radius 1 is 0.744 bits per heavy atom. The summed E-state index contributed by atoms with van der Waals surface area (Å²) in [4.78, 5) is 12.3. The van der Waals surface area contributed by atoms with E-state index in [1.165, 1.54) is 0 Å². The highest BCUT2D eigenvalue weighted by Gasteiger charge is 2.73. The van der Waals surface area contributed by atoms with Gasteiger partial charge in [-0.25, -0.2) is 0 Å². The van der Waals surface area contributed by atoms with E-state index in [0.717, 1.165) is 16.7 Å². The van der Waals surface area contributed by atoms with Gasteiger partial charge in [0.25, 0.3) is 0 Å². The molecule has 224 valence electrons. The predicted molar refractivity (Wildman–Crippen MR) is 173 cm³/mol. The number of esters is 1. The van der Waals surface area contributed by atoms with Crippen LogP contribution in [0.1, 0.15) is 16.7 Å². The number of rotatable bonds is 11. The van der Waals surface area contributed by atoms with Crippen molar-refractivity contribution in [1.29, 1.82) is 0 Å². The number of benzene rings is 4. The largest absolute Gasteiger partial charge is 0.480 e. The maximum atomic E-state index is 13.4. The van der Waals surface area contributed by atoms with Gasteiger partial charge in [-0.15, -0.1) is 12.6 Å². The van der Waals surface area contributed by atoms with Gasteiger partial charge in [0.05, 0.1) is 0 Å². The Hall–Kier alpha value is -3.14. The highest BCUT2D eigenvalue weighted by atomic mass is 79.9. The minimum absolute atomic E-state index is 0.000150. The van der Waals surface area contributed by atoms with Gasteiger partial charge in [0.15, 0.2) is 5.60 Å². The molecular formula is C35H35BrO6S. The fourth-order valence-electron chi connectivity index (χ4n) is 5.96. The van der Waals surface area contributed by atoms with E-state index < -0.39 is 34.3 Å². The summed E-state index contributed by atoms with van der Waals surface area (Å²) in [6.45, 7) is -0.297. The van der Waals surface area contributed by atoms with Crippen LogP contribution in [0.2, 0.25) is 0 Å². The first-order valence-corrected chi connectivity index (χ1v) is 15.8. The third-order valence-corrected chi connectivity index (χ3v) is 9.11. The fourth-order valence-corrected chi connectivity index (χ4v) is 6.63. The highest BCUT2D eigenvalue weighted by Crippen LogP contribution is 2.52. The van der Waals surface area contributed by atoms with E-state index in [0.29, 0.717) is 5.75 Å². The van der Waals surface area contributed by atoms with Gasteiger partial charge in [-0.3, -0.25) is 4.79 Å². The molecule has 0 spiro atoms. The Bertz CT molecular complexity index is 1420. The van der Waals surface area contributed by atoms with Gasteiger partial charge in [-0.05, 0) is 28.8 Å². The Morgan fingerprint density at radius 2 is 1.21 bits per heavy atom. The van der Waals surface area contributed by atoms with Crippen molar-refractivity contribution in [1.82, 2.24) is 0 Å². The maximum Gasteiger partial charge on any atom is 0.316 e. The fraction of sp³-hybridized carbons (Fsp3) is 0.286. The lowest BCUT2D eigenvalue weighted by atomic mass is 9.60. The first-order valence-electron chi connectivity index (χ1n) is 14.2. The Morgan fingerprint density at radius 3 is 1.72 bits per heavy atom. The number of aliphatic hydroxyl groups is 2. The first-order chi connectivity index (χ1) is 20.8. The van der Waals surface area contributed by atoms with E-state index >= 15 is 0 Å². The molecule has 2 N–H and O–H groups in total. The molecule has 43 heavy (non-hydrogen) atoms. The molecule has 1 aliphatic heterocycles.